The third kappa shape index (κ3) is 5.12. The number of nitrogens with one attached hydrogen (secondary N) is 2. The Morgan fingerprint density at radius 3 is 2.44 bits per heavy atom. The SMILES string of the molecule is N#Cc1ccc(OCC(=O)NNC(=O)Cc2ccc3c(c2)OCCO3)cc1. The van der Waals surface area contributed by atoms with E-state index in [-0.39, 0.29) is 18.9 Å². The van der Waals surface area contributed by atoms with Crippen LogP contribution >= 0.6 is 0 Å². The van der Waals surface area contributed by atoms with Gasteiger partial charge in [0.25, 0.3) is 5.91 Å². The van der Waals surface area contributed by atoms with Crippen LogP contribution in [-0.4, -0.2) is 31.6 Å². The van der Waals surface area contributed by atoms with Crippen LogP contribution in [0.4, 0.5) is 0 Å². The first-order valence-corrected chi connectivity index (χ1v) is 8.23. The molecule has 0 saturated carbocycles. The van der Waals surface area contributed by atoms with Gasteiger partial charge in [-0.15, -0.1) is 0 Å². The van der Waals surface area contributed by atoms with Crippen molar-refractivity contribution in [2.45, 2.75) is 6.42 Å². The summed E-state index contributed by atoms with van der Waals surface area (Å²) < 4.78 is 16.2. The molecule has 1 aliphatic heterocycles. The quantitative estimate of drug-likeness (QED) is 0.766. The van der Waals surface area contributed by atoms with Crippen LogP contribution in [0.1, 0.15) is 11.1 Å². The fraction of sp³-hybridized carbons (Fsp3) is 0.211. The number of carbonyl (C=O) groups excluding carboxylic acids is 2. The van der Waals surface area contributed by atoms with Crippen LogP contribution in [-0.2, 0) is 16.0 Å². The molecule has 0 saturated heterocycles. The van der Waals surface area contributed by atoms with Crippen LogP contribution in [0.15, 0.2) is 42.5 Å². The van der Waals surface area contributed by atoms with Gasteiger partial charge in [0, 0.05) is 0 Å². The number of amides is 2. The molecule has 8 nitrogen and oxygen atoms in total. The van der Waals surface area contributed by atoms with Gasteiger partial charge in [0.1, 0.15) is 19.0 Å². The van der Waals surface area contributed by atoms with Crippen molar-refractivity contribution in [1.29, 1.82) is 5.26 Å². The Hall–Kier alpha value is -3.73. The maximum absolute atomic E-state index is 12.0. The van der Waals surface area contributed by atoms with E-state index in [1.165, 1.54) is 0 Å². The predicted molar refractivity (Wildman–Crippen MR) is 94.1 cm³/mol. The van der Waals surface area contributed by atoms with E-state index in [1.54, 1.807) is 42.5 Å². The number of hydrogen-bond donors (Lipinski definition) is 2. The molecule has 0 radical (unpaired) electrons. The van der Waals surface area contributed by atoms with Crippen LogP contribution in [0.2, 0.25) is 0 Å². The Morgan fingerprint density at radius 1 is 1.00 bits per heavy atom. The summed E-state index contributed by atoms with van der Waals surface area (Å²) in [5.74, 6) is 0.824. The standard InChI is InChI=1S/C19H17N3O5/c20-11-13-1-4-15(5-2-13)27-12-19(24)22-21-18(23)10-14-3-6-16-17(9-14)26-8-7-25-16/h1-6,9H,7-8,10,12H2,(H,21,23)(H,22,24). The highest BCUT2D eigenvalue weighted by Crippen LogP contribution is 2.30. The van der Waals surface area contributed by atoms with Crippen molar-refractivity contribution < 1.29 is 23.8 Å². The van der Waals surface area contributed by atoms with Crippen molar-refractivity contribution in [3.63, 3.8) is 0 Å². The molecule has 0 aliphatic carbocycles. The van der Waals surface area contributed by atoms with E-state index in [0.29, 0.717) is 36.0 Å². The Balaban J connectivity index is 1.41. The van der Waals surface area contributed by atoms with Gasteiger partial charge >= 0.3 is 0 Å². The molecule has 0 bridgehead atoms. The van der Waals surface area contributed by atoms with Gasteiger partial charge in [0.15, 0.2) is 18.1 Å². The van der Waals surface area contributed by atoms with E-state index in [2.05, 4.69) is 10.9 Å². The van der Waals surface area contributed by atoms with Crippen molar-refractivity contribution in [3.05, 3.63) is 53.6 Å². The van der Waals surface area contributed by atoms with Crippen molar-refractivity contribution in [1.82, 2.24) is 10.9 Å². The zero-order valence-corrected chi connectivity index (χ0v) is 14.4. The minimum absolute atomic E-state index is 0.0768. The number of nitriles is 1. The van der Waals surface area contributed by atoms with E-state index in [0.717, 1.165) is 5.56 Å². The molecule has 3 rings (SSSR count). The summed E-state index contributed by atoms with van der Waals surface area (Å²) in [5, 5.41) is 8.72. The third-order valence-corrected chi connectivity index (χ3v) is 3.67. The lowest BCUT2D eigenvalue weighted by Crippen LogP contribution is -2.44. The first-order valence-electron chi connectivity index (χ1n) is 8.23. The number of carbonyl (C=O) groups is 2. The van der Waals surface area contributed by atoms with Gasteiger partial charge in [-0.05, 0) is 42.0 Å². The van der Waals surface area contributed by atoms with E-state index >= 15 is 0 Å². The summed E-state index contributed by atoms with van der Waals surface area (Å²) in [7, 11) is 0. The Labute approximate surface area is 155 Å². The molecule has 0 atom stereocenters. The van der Waals surface area contributed by atoms with E-state index in [1.807, 2.05) is 6.07 Å². The molecule has 1 aliphatic rings. The molecule has 0 aromatic heterocycles. The normalized spacial score (nSPS) is 11.8. The lowest BCUT2D eigenvalue weighted by atomic mass is 10.1. The summed E-state index contributed by atoms with van der Waals surface area (Å²) >= 11 is 0. The second-order valence-electron chi connectivity index (χ2n) is 5.68. The number of benzene rings is 2. The van der Waals surface area contributed by atoms with Gasteiger partial charge in [-0.1, -0.05) is 6.07 Å². The molecule has 138 valence electrons. The molecule has 2 amide bonds. The fourth-order valence-electron chi connectivity index (χ4n) is 2.38. The molecule has 8 heteroatoms. The first kappa shape index (κ1) is 18.1. The van der Waals surface area contributed by atoms with Crippen LogP contribution in [0.5, 0.6) is 17.2 Å². The molecule has 2 aromatic rings. The minimum atomic E-state index is -0.505. The molecule has 2 aromatic carbocycles. The number of hydrogen-bond acceptors (Lipinski definition) is 6. The van der Waals surface area contributed by atoms with Crippen molar-refractivity contribution in [2.75, 3.05) is 19.8 Å². The van der Waals surface area contributed by atoms with Gasteiger partial charge in [-0.25, -0.2) is 0 Å². The van der Waals surface area contributed by atoms with Crippen LogP contribution in [0.3, 0.4) is 0 Å². The Morgan fingerprint density at radius 2 is 1.70 bits per heavy atom. The van der Waals surface area contributed by atoms with Crippen LogP contribution < -0.4 is 25.1 Å². The maximum Gasteiger partial charge on any atom is 0.276 e. The largest absolute Gasteiger partial charge is 0.486 e. The van der Waals surface area contributed by atoms with Crippen LogP contribution in [0.25, 0.3) is 0 Å². The molecule has 2 N–H and O–H groups in total. The van der Waals surface area contributed by atoms with E-state index in [4.69, 9.17) is 19.5 Å². The number of ether oxygens (including phenoxy) is 3. The third-order valence-electron chi connectivity index (χ3n) is 3.67. The van der Waals surface area contributed by atoms with Gasteiger partial charge in [0.05, 0.1) is 18.1 Å². The number of fused-ring (bicyclic) bond motifs is 1. The molecule has 0 unspecified atom stereocenters. The highest BCUT2D eigenvalue weighted by Gasteiger charge is 2.13. The minimum Gasteiger partial charge on any atom is -0.486 e. The lowest BCUT2D eigenvalue weighted by molar-refractivity contribution is -0.129. The average molecular weight is 367 g/mol. The molecule has 0 fully saturated rings. The number of rotatable bonds is 5. The number of nitrogens with zero attached hydrogens (tertiary/aromatic N) is 1. The zero-order chi connectivity index (χ0) is 19.1. The Kier molecular flexibility index (Phi) is 5.74. The summed E-state index contributed by atoms with van der Waals surface area (Å²) in [4.78, 5) is 23.7. The second-order valence-corrected chi connectivity index (χ2v) is 5.68. The van der Waals surface area contributed by atoms with Gasteiger partial charge in [0.2, 0.25) is 5.91 Å². The smallest absolute Gasteiger partial charge is 0.276 e. The van der Waals surface area contributed by atoms with Crippen molar-refractivity contribution >= 4 is 11.8 Å². The molecular weight excluding hydrogens is 350 g/mol. The number of hydrazine groups is 1. The van der Waals surface area contributed by atoms with E-state index in [9.17, 15) is 9.59 Å². The van der Waals surface area contributed by atoms with Gasteiger partial charge < -0.3 is 14.2 Å². The van der Waals surface area contributed by atoms with E-state index < -0.39 is 5.91 Å². The lowest BCUT2D eigenvalue weighted by Gasteiger charge is -2.18. The topological polar surface area (TPSA) is 110 Å². The molecule has 27 heavy (non-hydrogen) atoms. The van der Waals surface area contributed by atoms with Gasteiger partial charge in [-0.3, -0.25) is 20.4 Å². The summed E-state index contributed by atoms with van der Waals surface area (Å²) in [5.41, 5.74) is 5.85. The summed E-state index contributed by atoms with van der Waals surface area (Å²) in [6, 6.07) is 13.6. The second kappa shape index (κ2) is 8.58. The average Bonchev–Trinajstić information content (AvgIpc) is 2.71. The summed E-state index contributed by atoms with van der Waals surface area (Å²) in [6.45, 7) is 0.706. The zero-order valence-electron chi connectivity index (χ0n) is 14.4. The highest BCUT2D eigenvalue weighted by molar-refractivity contribution is 5.84. The molecule has 1 heterocycles. The first-order chi connectivity index (χ1) is 13.1. The maximum atomic E-state index is 12.0. The Bertz CT molecular complexity index is 874. The van der Waals surface area contributed by atoms with Gasteiger partial charge in [-0.2, -0.15) is 5.26 Å². The molecule has 0 spiro atoms. The summed E-state index contributed by atoms with van der Waals surface area (Å²) in [6.07, 6.45) is 0.0768. The van der Waals surface area contributed by atoms with Crippen molar-refractivity contribution in [3.8, 4) is 23.3 Å². The highest BCUT2D eigenvalue weighted by atomic mass is 16.6. The van der Waals surface area contributed by atoms with Crippen LogP contribution in [0, 0.1) is 11.3 Å². The fourth-order valence-corrected chi connectivity index (χ4v) is 2.38. The van der Waals surface area contributed by atoms with Crippen molar-refractivity contribution in [2.24, 2.45) is 0 Å². The monoisotopic (exact) mass is 367 g/mol. The molecular formula is C19H17N3O5. The predicted octanol–water partition coefficient (Wildman–Crippen LogP) is 1.10.